The highest BCUT2D eigenvalue weighted by molar-refractivity contribution is 7.22. The van der Waals surface area contributed by atoms with Crippen LogP contribution in [0.4, 0.5) is 9.93 Å². The van der Waals surface area contributed by atoms with Gasteiger partial charge >= 0.3 is 6.03 Å². The van der Waals surface area contributed by atoms with Crippen molar-refractivity contribution >= 4 is 38.4 Å². The number of carbonyl (C=O) groups excluding carboxylic acids is 1. The van der Waals surface area contributed by atoms with Crippen LogP contribution in [-0.4, -0.2) is 24.7 Å². The molecule has 2 aromatic rings. The Bertz CT molecular complexity index is 638. The highest BCUT2D eigenvalue weighted by Gasteiger charge is 2.11. The van der Waals surface area contributed by atoms with Crippen LogP contribution in [0.5, 0.6) is 0 Å². The van der Waals surface area contributed by atoms with E-state index in [-0.39, 0.29) is 6.03 Å². The smallest absolute Gasteiger partial charge is 0.321 e. The summed E-state index contributed by atoms with van der Waals surface area (Å²) >= 11 is 1.39. The van der Waals surface area contributed by atoms with Crippen molar-refractivity contribution in [2.75, 3.05) is 19.0 Å². The van der Waals surface area contributed by atoms with Crippen LogP contribution < -0.4 is 16.1 Å². The fourth-order valence-electron chi connectivity index (χ4n) is 1.72. The number of fused-ring (bicyclic) bond motifs is 1. The number of rotatable bonds is 5. The molecule has 0 bridgehead atoms. The van der Waals surface area contributed by atoms with Gasteiger partial charge in [-0.1, -0.05) is 30.0 Å². The van der Waals surface area contributed by atoms with E-state index < -0.39 is 0 Å². The average molecular weight is 292 g/mol. The van der Waals surface area contributed by atoms with E-state index in [4.69, 9.17) is 4.84 Å². The number of nitrogens with zero attached hydrogens (tertiary/aromatic N) is 1. The molecule has 0 atom stereocenters. The number of hydroxylamine groups is 1. The summed E-state index contributed by atoms with van der Waals surface area (Å²) in [5.74, 6) is 0. The second kappa shape index (κ2) is 6.36. The molecule has 0 fully saturated rings. The van der Waals surface area contributed by atoms with Gasteiger partial charge in [-0.3, -0.25) is 15.6 Å². The first-order valence-corrected chi connectivity index (χ1v) is 6.90. The number of nitrogens with one attached hydrogen (secondary N) is 3. The van der Waals surface area contributed by atoms with Gasteiger partial charge in [0.15, 0.2) is 5.13 Å². The van der Waals surface area contributed by atoms with E-state index in [0.29, 0.717) is 17.4 Å². The van der Waals surface area contributed by atoms with Gasteiger partial charge in [0.2, 0.25) is 0 Å². The highest BCUT2D eigenvalue weighted by Crippen LogP contribution is 2.31. The molecule has 1 aromatic carbocycles. The highest BCUT2D eigenvalue weighted by atomic mass is 32.1. The van der Waals surface area contributed by atoms with Crippen LogP contribution in [0.3, 0.4) is 0 Å². The minimum absolute atomic E-state index is 0.262. The first-order valence-electron chi connectivity index (χ1n) is 6.08. The third-order valence-electron chi connectivity index (χ3n) is 2.52. The van der Waals surface area contributed by atoms with E-state index in [9.17, 15) is 4.79 Å². The third kappa shape index (κ3) is 3.06. The van der Waals surface area contributed by atoms with Crippen LogP contribution in [0, 0.1) is 0 Å². The summed E-state index contributed by atoms with van der Waals surface area (Å²) in [5.41, 5.74) is 5.05. The Morgan fingerprint density at radius 1 is 1.50 bits per heavy atom. The predicted molar refractivity (Wildman–Crippen MR) is 81.5 cm³/mol. The zero-order chi connectivity index (χ0) is 14.5. The van der Waals surface area contributed by atoms with Crippen LogP contribution in [0.25, 0.3) is 15.9 Å². The lowest BCUT2D eigenvalue weighted by Gasteiger charge is -2.07. The van der Waals surface area contributed by atoms with Gasteiger partial charge in [0.1, 0.15) is 0 Å². The van der Waals surface area contributed by atoms with Crippen molar-refractivity contribution in [1.29, 1.82) is 0 Å². The largest absolute Gasteiger partial charge is 0.338 e. The van der Waals surface area contributed by atoms with Crippen LogP contribution >= 0.6 is 11.3 Å². The van der Waals surface area contributed by atoms with Crippen molar-refractivity contribution < 1.29 is 9.63 Å². The molecule has 0 aliphatic rings. The minimum atomic E-state index is -0.262. The maximum atomic E-state index is 11.5. The summed E-state index contributed by atoms with van der Waals surface area (Å²) < 4.78 is 0.939. The molecular formula is C13H16N4O2S. The van der Waals surface area contributed by atoms with E-state index in [1.807, 2.05) is 25.1 Å². The molecule has 0 saturated carbocycles. The maximum absolute atomic E-state index is 11.5. The van der Waals surface area contributed by atoms with E-state index in [1.165, 1.54) is 18.4 Å². The number of hydrogen-bond acceptors (Lipinski definition) is 5. The number of hydrogen-bond donors (Lipinski definition) is 3. The molecular weight excluding hydrogens is 276 g/mol. The molecule has 7 heteroatoms. The molecule has 2 rings (SSSR count). The van der Waals surface area contributed by atoms with Crippen molar-refractivity contribution in [1.82, 2.24) is 15.8 Å². The minimum Gasteiger partial charge on any atom is -0.338 e. The monoisotopic (exact) mass is 292 g/mol. The number of thiazole rings is 1. The van der Waals surface area contributed by atoms with Crippen molar-refractivity contribution in [2.45, 2.75) is 6.92 Å². The first kappa shape index (κ1) is 14.3. The van der Waals surface area contributed by atoms with Gasteiger partial charge in [0.05, 0.1) is 23.0 Å². The SMILES string of the molecule is C=C(NOC)c1cccc2nc(NC(=O)NCC)sc12. The van der Waals surface area contributed by atoms with Crippen LogP contribution in [-0.2, 0) is 4.84 Å². The van der Waals surface area contributed by atoms with Crippen molar-refractivity contribution in [3.05, 3.63) is 30.3 Å². The van der Waals surface area contributed by atoms with Crippen molar-refractivity contribution in [3.8, 4) is 0 Å². The second-order valence-corrected chi connectivity index (χ2v) is 4.94. The maximum Gasteiger partial charge on any atom is 0.321 e. The predicted octanol–water partition coefficient (Wildman–Crippen LogP) is 2.56. The normalized spacial score (nSPS) is 10.3. The Morgan fingerprint density at radius 2 is 2.30 bits per heavy atom. The number of aromatic nitrogens is 1. The summed E-state index contributed by atoms with van der Waals surface area (Å²) in [7, 11) is 1.53. The number of carbonyl (C=O) groups is 1. The zero-order valence-corrected chi connectivity index (χ0v) is 12.1. The van der Waals surface area contributed by atoms with Crippen LogP contribution in [0.1, 0.15) is 12.5 Å². The molecule has 1 aromatic heterocycles. The molecule has 6 nitrogen and oxygen atoms in total. The summed E-state index contributed by atoms with van der Waals surface area (Å²) in [4.78, 5) is 20.7. The number of benzene rings is 1. The second-order valence-electron chi connectivity index (χ2n) is 3.94. The molecule has 0 radical (unpaired) electrons. The quantitative estimate of drug-likeness (QED) is 0.740. The average Bonchev–Trinajstić information content (AvgIpc) is 2.80. The lowest BCUT2D eigenvalue weighted by atomic mass is 10.2. The third-order valence-corrected chi connectivity index (χ3v) is 3.54. The van der Waals surface area contributed by atoms with Crippen LogP contribution in [0.2, 0.25) is 0 Å². The van der Waals surface area contributed by atoms with Gasteiger partial charge in [-0.15, -0.1) is 0 Å². The summed E-state index contributed by atoms with van der Waals surface area (Å²) in [6.07, 6.45) is 0. The van der Waals surface area contributed by atoms with E-state index >= 15 is 0 Å². The molecule has 106 valence electrons. The number of anilines is 1. The molecule has 2 amide bonds. The van der Waals surface area contributed by atoms with Gasteiger partial charge < -0.3 is 5.32 Å². The van der Waals surface area contributed by atoms with Gasteiger partial charge in [0.25, 0.3) is 0 Å². The fourth-order valence-corrected chi connectivity index (χ4v) is 2.72. The van der Waals surface area contributed by atoms with Gasteiger partial charge in [-0.2, -0.15) is 0 Å². The number of amides is 2. The molecule has 0 aliphatic carbocycles. The molecule has 20 heavy (non-hydrogen) atoms. The van der Waals surface area contributed by atoms with Gasteiger partial charge in [-0.05, 0) is 13.0 Å². The van der Waals surface area contributed by atoms with E-state index in [0.717, 1.165) is 15.8 Å². The van der Waals surface area contributed by atoms with E-state index in [1.54, 1.807) is 0 Å². The Labute approximate surface area is 120 Å². The summed E-state index contributed by atoms with van der Waals surface area (Å²) in [5, 5.41) is 5.91. The van der Waals surface area contributed by atoms with Crippen LogP contribution in [0.15, 0.2) is 24.8 Å². The zero-order valence-electron chi connectivity index (χ0n) is 11.3. The standard InChI is InChI=1S/C13H16N4O2S/c1-4-14-12(18)16-13-15-10-7-5-6-9(11(10)20-13)8(2)17-19-3/h5-7,17H,2,4H2,1,3H3,(H2,14,15,16,18). The lowest BCUT2D eigenvalue weighted by molar-refractivity contribution is 0.137. The molecule has 0 spiro atoms. The topological polar surface area (TPSA) is 75.3 Å². The number of urea groups is 1. The Morgan fingerprint density at radius 3 is 3.00 bits per heavy atom. The van der Waals surface area contributed by atoms with Crippen molar-refractivity contribution in [3.63, 3.8) is 0 Å². The summed E-state index contributed by atoms with van der Waals surface area (Å²) in [6, 6.07) is 5.43. The molecule has 0 aliphatic heterocycles. The summed E-state index contributed by atoms with van der Waals surface area (Å²) in [6.45, 7) is 6.33. The van der Waals surface area contributed by atoms with Gasteiger partial charge in [0, 0.05) is 12.1 Å². The molecule has 0 saturated heterocycles. The van der Waals surface area contributed by atoms with E-state index in [2.05, 4.69) is 27.7 Å². The molecule has 1 heterocycles. The Kier molecular flexibility index (Phi) is 4.54. The van der Waals surface area contributed by atoms with Crippen molar-refractivity contribution in [2.24, 2.45) is 0 Å². The first-order chi connectivity index (χ1) is 9.65. The Hall–Kier alpha value is -2.12. The van der Waals surface area contributed by atoms with Gasteiger partial charge in [-0.25, -0.2) is 9.78 Å². The Balaban J connectivity index is 2.31. The molecule has 3 N–H and O–H groups in total. The lowest BCUT2D eigenvalue weighted by Crippen LogP contribution is -2.28. The molecule has 0 unspecified atom stereocenters. The fraction of sp³-hybridized carbons (Fsp3) is 0.231.